The van der Waals surface area contributed by atoms with Crippen molar-refractivity contribution in [3.63, 3.8) is 0 Å². The number of carbonyl (C=O) groups excluding carboxylic acids is 1. The Hall–Kier alpha value is -4.26. The van der Waals surface area contributed by atoms with E-state index in [1.54, 1.807) is 42.5 Å². The second-order valence-corrected chi connectivity index (χ2v) is 7.30. The molecule has 7 nitrogen and oxygen atoms in total. The lowest BCUT2D eigenvalue weighted by atomic mass is 9.86. The van der Waals surface area contributed by atoms with Crippen LogP contribution in [0.2, 0.25) is 0 Å². The van der Waals surface area contributed by atoms with Gasteiger partial charge in [0.2, 0.25) is 0 Å². The van der Waals surface area contributed by atoms with E-state index in [-0.39, 0.29) is 40.2 Å². The highest BCUT2D eigenvalue weighted by atomic mass is 16.5. The summed E-state index contributed by atoms with van der Waals surface area (Å²) in [5, 5.41) is 31.2. The van der Waals surface area contributed by atoms with E-state index in [0.29, 0.717) is 11.1 Å². The van der Waals surface area contributed by atoms with Crippen molar-refractivity contribution in [1.82, 2.24) is 0 Å². The van der Waals surface area contributed by atoms with Crippen LogP contribution in [0.4, 0.5) is 0 Å². The Morgan fingerprint density at radius 1 is 1.00 bits per heavy atom. The molecule has 0 unspecified atom stereocenters. The lowest BCUT2D eigenvalue weighted by molar-refractivity contribution is -0.140. The zero-order valence-corrected chi connectivity index (χ0v) is 17.1. The molecule has 0 spiro atoms. The molecule has 162 valence electrons. The van der Waals surface area contributed by atoms with Gasteiger partial charge in [-0.2, -0.15) is 0 Å². The third-order valence-corrected chi connectivity index (χ3v) is 5.31. The van der Waals surface area contributed by atoms with Gasteiger partial charge in [-0.3, -0.25) is 9.59 Å². The molecule has 0 saturated carbocycles. The molecule has 1 aromatic heterocycles. The van der Waals surface area contributed by atoms with Gasteiger partial charge < -0.3 is 24.5 Å². The zero-order chi connectivity index (χ0) is 22.8. The van der Waals surface area contributed by atoms with Gasteiger partial charge in [-0.05, 0) is 29.8 Å². The quantitative estimate of drug-likeness (QED) is 0.403. The van der Waals surface area contributed by atoms with Crippen molar-refractivity contribution in [1.29, 1.82) is 0 Å². The Morgan fingerprint density at radius 2 is 1.69 bits per heavy atom. The molecular formula is C25H20O7. The molecule has 1 heterocycles. The molecule has 0 radical (unpaired) electrons. The SMILES string of the molecule is COC(=O)C[C@H](c1ccccc1)c1c(O)cc2oc(-c3ccc(O)cc3)cc(=O)c2c1O. The number of aromatic hydroxyl groups is 3. The molecule has 0 amide bonds. The second kappa shape index (κ2) is 8.47. The molecule has 4 aromatic rings. The number of phenolic OH excluding ortho intramolecular Hbond substituents is 3. The summed E-state index contributed by atoms with van der Waals surface area (Å²) in [6, 6.07) is 17.4. The highest BCUT2D eigenvalue weighted by molar-refractivity contribution is 5.89. The molecule has 4 rings (SSSR count). The van der Waals surface area contributed by atoms with Gasteiger partial charge in [-0.1, -0.05) is 30.3 Å². The third kappa shape index (κ3) is 3.88. The van der Waals surface area contributed by atoms with Crippen LogP contribution >= 0.6 is 0 Å². The van der Waals surface area contributed by atoms with Crippen LogP contribution in [0.1, 0.15) is 23.5 Å². The van der Waals surface area contributed by atoms with Crippen LogP contribution in [0.15, 0.2) is 75.9 Å². The molecule has 0 bridgehead atoms. The molecule has 32 heavy (non-hydrogen) atoms. The summed E-state index contributed by atoms with van der Waals surface area (Å²) in [5.74, 6) is -1.78. The van der Waals surface area contributed by atoms with Crippen LogP contribution in [0.25, 0.3) is 22.3 Å². The van der Waals surface area contributed by atoms with Gasteiger partial charge in [0.25, 0.3) is 0 Å². The average Bonchev–Trinajstić information content (AvgIpc) is 2.78. The molecule has 0 aliphatic carbocycles. The fraction of sp³-hybridized carbons (Fsp3) is 0.120. The van der Waals surface area contributed by atoms with E-state index < -0.39 is 23.1 Å². The summed E-state index contributed by atoms with van der Waals surface area (Å²) in [4.78, 5) is 25.0. The maximum absolute atomic E-state index is 12.9. The molecule has 0 saturated heterocycles. The monoisotopic (exact) mass is 432 g/mol. The number of esters is 1. The largest absolute Gasteiger partial charge is 0.508 e. The van der Waals surface area contributed by atoms with E-state index in [9.17, 15) is 24.9 Å². The van der Waals surface area contributed by atoms with Crippen molar-refractivity contribution >= 4 is 16.9 Å². The van der Waals surface area contributed by atoms with Crippen LogP contribution in [-0.2, 0) is 9.53 Å². The fourth-order valence-electron chi connectivity index (χ4n) is 3.74. The van der Waals surface area contributed by atoms with Crippen molar-refractivity contribution in [3.8, 4) is 28.6 Å². The number of methoxy groups -OCH3 is 1. The van der Waals surface area contributed by atoms with Gasteiger partial charge in [0, 0.05) is 29.2 Å². The van der Waals surface area contributed by atoms with E-state index in [4.69, 9.17) is 9.15 Å². The average molecular weight is 432 g/mol. The van der Waals surface area contributed by atoms with Crippen molar-refractivity contribution in [3.05, 3.63) is 88.1 Å². The number of phenols is 3. The van der Waals surface area contributed by atoms with Crippen molar-refractivity contribution in [2.24, 2.45) is 0 Å². The molecule has 1 atom stereocenters. The van der Waals surface area contributed by atoms with E-state index in [0.717, 1.165) is 0 Å². The minimum absolute atomic E-state index is 0.01000. The molecule has 3 aromatic carbocycles. The maximum atomic E-state index is 12.9. The normalized spacial score (nSPS) is 11.9. The molecule has 7 heteroatoms. The van der Waals surface area contributed by atoms with Gasteiger partial charge in [-0.25, -0.2) is 0 Å². The van der Waals surface area contributed by atoms with E-state index in [1.165, 1.54) is 31.4 Å². The number of fused-ring (bicyclic) bond motifs is 1. The first-order valence-corrected chi connectivity index (χ1v) is 9.83. The van der Waals surface area contributed by atoms with Crippen molar-refractivity contribution in [2.75, 3.05) is 7.11 Å². The molecule has 0 fully saturated rings. The Morgan fingerprint density at radius 3 is 2.34 bits per heavy atom. The molecule has 0 aliphatic rings. The topological polar surface area (TPSA) is 117 Å². The predicted molar refractivity (Wildman–Crippen MR) is 118 cm³/mol. The van der Waals surface area contributed by atoms with Gasteiger partial charge in [0.05, 0.1) is 13.5 Å². The first-order valence-electron chi connectivity index (χ1n) is 9.83. The summed E-state index contributed by atoms with van der Waals surface area (Å²) in [5.41, 5.74) is 0.714. The maximum Gasteiger partial charge on any atom is 0.306 e. The van der Waals surface area contributed by atoms with Crippen LogP contribution in [0, 0.1) is 0 Å². The number of hydrogen-bond acceptors (Lipinski definition) is 7. The Kier molecular flexibility index (Phi) is 5.55. The third-order valence-electron chi connectivity index (χ3n) is 5.31. The second-order valence-electron chi connectivity index (χ2n) is 7.30. The Labute approximate surface area is 182 Å². The van der Waals surface area contributed by atoms with E-state index in [2.05, 4.69) is 0 Å². The first kappa shape index (κ1) is 21.0. The van der Waals surface area contributed by atoms with Crippen molar-refractivity contribution in [2.45, 2.75) is 12.3 Å². The Balaban J connectivity index is 1.91. The fourth-order valence-corrected chi connectivity index (χ4v) is 3.74. The smallest absolute Gasteiger partial charge is 0.306 e. The van der Waals surface area contributed by atoms with Gasteiger partial charge in [0.1, 0.15) is 34.0 Å². The first-order chi connectivity index (χ1) is 15.4. The number of benzene rings is 3. The molecule has 3 N–H and O–H groups in total. The summed E-state index contributed by atoms with van der Waals surface area (Å²) in [6.45, 7) is 0. The van der Waals surface area contributed by atoms with Gasteiger partial charge >= 0.3 is 5.97 Å². The summed E-state index contributed by atoms with van der Waals surface area (Å²) < 4.78 is 10.6. The van der Waals surface area contributed by atoms with Gasteiger partial charge in [0.15, 0.2) is 5.43 Å². The number of carbonyl (C=O) groups is 1. The predicted octanol–water partition coefficient (Wildman–Crippen LogP) is 4.27. The van der Waals surface area contributed by atoms with Crippen LogP contribution in [0.5, 0.6) is 17.2 Å². The van der Waals surface area contributed by atoms with Crippen molar-refractivity contribution < 1.29 is 29.3 Å². The summed E-state index contributed by atoms with van der Waals surface area (Å²) in [6.07, 6.45) is -0.149. The number of ether oxygens (including phenoxy) is 1. The highest BCUT2D eigenvalue weighted by Crippen LogP contribution is 2.44. The molecule has 0 aliphatic heterocycles. The number of rotatable bonds is 5. The van der Waals surface area contributed by atoms with E-state index >= 15 is 0 Å². The minimum atomic E-state index is -0.746. The van der Waals surface area contributed by atoms with Crippen LogP contribution in [0.3, 0.4) is 0 Å². The zero-order valence-electron chi connectivity index (χ0n) is 17.1. The summed E-state index contributed by atoms with van der Waals surface area (Å²) in [7, 11) is 1.25. The molecular weight excluding hydrogens is 412 g/mol. The number of hydrogen-bond donors (Lipinski definition) is 3. The minimum Gasteiger partial charge on any atom is -0.508 e. The van der Waals surface area contributed by atoms with Gasteiger partial charge in [-0.15, -0.1) is 0 Å². The lowest BCUT2D eigenvalue weighted by Gasteiger charge is -2.20. The Bertz CT molecular complexity index is 1340. The standard InChI is InChI=1S/C25H20O7/c1-31-22(29)11-17(14-5-3-2-4-6-14)23-18(27)13-21-24(25(23)30)19(28)12-20(32-21)15-7-9-16(26)10-8-15/h2-10,12-13,17,26-27,30H,11H2,1H3/t17-/m1/s1. The van der Waals surface area contributed by atoms with Crippen LogP contribution in [-0.4, -0.2) is 28.4 Å². The lowest BCUT2D eigenvalue weighted by Crippen LogP contribution is -2.12. The summed E-state index contributed by atoms with van der Waals surface area (Å²) >= 11 is 0. The van der Waals surface area contributed by atoms with E-state index in [1.807, 2.05) is 0 Å². The van der Waals surface area contributed by atoms with Crippen LogP contribution < -0.4 is 5.43 Å². The highest BCUT2D eigenvalue weighted by Gasteiger charge is 2.28.